The molecule has 0 saturated heterocycles. The molecule has 8 heteroatoms. The number of hydrogen-bond acceptors (Lipinski definition) is 5. The zero-order chi connectivity index (χ0) is 26.0. The minimum atomic E-state index is -2.20. The fraction of sp³-hybridized carbons (Fsp3) is 0.960. The van der Waals surface area contributed by atoms with Gasteiger partial charge in [-0.15, -0.1) is 0 Å². The Morgan fingerprint density at radius 3 is 1.76 bits per heavy atom. The molecule has 0 heterocycles. The predicted octanol–water partition coefficient (Wildman–Crippen LogP) is 7.55. The van der Waals surface area contributed by atoms with E-state index in [1.165, 1.54) is 0 Å². The molecule has 0 N–H and O–H groups in total. The molecule has 0 aromatic heterocycles. The van der Waals surface area contributed by atoms with Crippen LogP contribution >= 0.6 is 0 Å². The maximum absolute atomic E-state index is 13.2. The molecule has 0 saturated carbocycles. The van der Waals surface area contributed by atoms with E-state index in [-0.39, 0.29) is 12.1 Å². The summed E-state index contributed by atoms with van der Waals surface area (Å²) in [5, 5.41) is 0. The van der Waals surface area contributed by atoms with Gasteiger partial charge in [0.05, 0.1) is 6.54 Å². The number of unbranched alkanes of at least 4 members (excludes halogenated alkanes) is 1. The first kappa shape index (κ1) is 33.0. The highest BCUT2D eigenvalue weighted by Crippen LogP contribution is 2.42. The van der Waals surface area contributed by atoms with Crippen molar-refractivity contribution in [2.45, 2.75) is 137 Å². The van der Waals surface area contributed by atoms with E-state index in [9.17, 15) is 4.79 Å². The second-order valence-corrected chi connectivity index (χ2v) is 25.4. The van der Waals surface area contributed by atoms with Crippen molar-refractivity contribution in [1.82, 2.24) is 4.57 Å². The van der Waals surface area contributed by atoms with Crippen molar-refractivity contribution >= 4 is 31.1 Å². The molecule has 2 unspecified atom stereocenters. The normalized spacial score (nSPS) is 16.0. The van der Waals surface area contributed by atoms with Crippen LogP contribution in [0.25, 0.3) is 0 Å². The number of nitrogens with zero attached hydrogens (tertiary/aromatic N) is 1. The molecule has 198 valence electrons. The molecule has 33 heavy (non-hydrogen) atoms. The maximum atomic E-state index is 13.2. The zero-order valence-corrected chi connectivity index (χ0v) is 27.3. The molecule has 0 spiro atoms. The molecule has 5 nitrogen and oxygen atoms in total. The van der Waals surface area contributed by atoms with Crippen LogP contribution in [0.15, 0.2) is 0 Å². The number of hydrogen-bond donors (Lipinski definition) is 0. The third-order valence-electron chi connectivity index (χ3n) is 7.05. The van der Waals surface area contributed by atoms with Gasteiger partial charge in [0.15, 0.2) is 0 Å². The van der Waals surface area contributed by atoms with E-state index in [1.54, 1.807) is 0 Å². The second-order valence-electron chi connectivity index (χ2n) is 11.7. The van der Waals surface area contributed by atoms with Crippen LogP contribution < -0.4 is 0 Å². The summed E-state index contributed by atoms with van der Waals surface area (Å²) in [4.78, 5) is 13.2. The lowest BCUT2D eigenvalue weighted by Crippen LogP contribution is -2.54. The summed E-state index contributed by atoms with van der Waals surface area (Å²) in [6, 6.07) is 0.999. The highest BCUT2D eigenvalue weighted by atomic mass is 28.4. The first-order chi connectivity index (χ1) is 15.1. The summed E-state index contributed by atoms with van der Waals surface area (Å²) < 4.78 is 21.3. The van der Waals surface area contributed by atoms with Crippen LogP contribution in [0.3, 0.4) is 0 Å². The van der Waals surface area contributed by atoms with Crippen LogP contribution in [0.2, 0.25) is 48.9 Å². The van der Waals surface area contributed by atoms with Crippen molar-refractivity contribution in [3.63, 3.8) is 0 Å². The average Bonchev–Trinajstić information content (AvgIpc) is 2.66. The van der Waals surface area contributed by atoms with Crippen molar-refractivity contribution in [1.29, 1.82) is 0 Å². The summed E-state index contributed by atoms with van der Waals surface area (Å²) in [6.45, 7) is 31.0. The molecule has 0 radical (unpaired) electrons. The van der Waals surface area contributed by atoms with Crippen molar-refractivity contribution in [3.8, 4) is 0 Å². The molecule has 0 aromatic carbocycles. The summed E-state index contributed by atoms with van der Waals surface area (Å²) in [5.41, 5.74) is 1.23. The van der Waals surface area contributed by atoms with Gasteiger partial charge in [-0.25, -0.2) is 0 Å². The smallest absolute Gasteiger partial charge is 0.335 e. The van der Waals surface area contributed by atoms with Crippen LogP contribution in [-0.2, 0) is 18.1 Å². The van der Waals surface area contributed by atoms with E-state index < -0.39 is 25.1 Å². The van der Waals surface area contributed by atoms with Crippen molar-refractivity contribution in [2.75, 3.05) is 19.7 Å². The van der Waals surface area contributed by atoms with Gasteiger partial charge in [0.25, 0.3) is 8.32 Å². The molecule has 0 bridgehead atoms. The van der Waals surface area contributed by atoms with E-state index >= 15 is 0 Å². The van der Waals surface area contributed by atoms with Gasteiger partial charge >= 0.3 is 14.5 Å². The van der Waals surface area contributed by atoms with Gasteiger partial charge in [-0.1, -0.05) is 74.5 Å². The standard InChI is InChI=1S/C25H57NO4Si3/c1-14-24(9)29-32(13,28-15-2)19-17-16-18-26(31(10,11)12)20-25(27)30-33(21(3)4,22(5)6)23(7)8/h21-24H,14-20H2,1-13H3. The molecule has 0 fully saturated rings. The monoisotopic (exact) mass is 519 g/mol. The van der Waals surface area contributed by atoms with Gasteiger partial charge in [0.2, 0.25) is 0 Å². The summed E-state index contributed by atoms with van der Waals surface area (Å²) in [5.74, 6) is -0.0196. The molecule has 0 aliphatic carbocycles. The third kappa shape index (κ3) is 10.7. The van der Waals surface area contributed by atoms with Gasteiger partial charge in [0, 0.05) is 12.7 Å². The summed E-state index contributed by atoms with van der Waals surface area (Å²) >= 11 is 0. The van der Waals surface area contributed by atoms with Gasteiger partial charge in [-0.3, -0.25) is 4.79 Å². The fourth-order valence-electron chi connectivity index (χ4n) is 5.12. The molecular weight excluding hydrogens is 463 g/mol. The lowest BCUT2D eigenvalue weighted by molar-refractivity contribution is -0.136. The first-order valence-corrected chi connectivity index (χ1v) is 21.4. The Morgan fingerprint density at radius 1 is 0.848 bits per heavy atom. The molecular formula is C25H57NO4Si3. The minimum absolute atomic E-state index is 0.0196. The van der Waals surface area contributed by atoms with Crippen LogP contribution in [-0.4, -0.2) is 61.4 Å². The molecule has 0 aliphatic heterocycles. The van der Waals surface area contributed by atoms with E-state index in [4.69, 9.17) is 13.3 Å². The topological polar surface area (TPSA) is 48.0 Å². The average molecular weight is 520 g/mol. The quantitative estimate of drug-likeness (QED) is 0.147. The van der Waals surface area contributed by atoms with Crippen LogP contribution in [0.1, 0.15) is 81.6 Å². The van der Waals surface area contributed by atoms with Gasteiger partial charge in [-0.2, -0.15) is 0 Å². The fourth-order valence-corrected chi connectivity index (χ4v) is 14.6. The molecule has 0 aliphatic rings. The third-order valence-corrected chi connectivity index (χ3v) is 18.4. The van der Waals surface area contributed by atoms with Gasteiger partial charge < -0.3 is 17.8 Å². The largest absolute Gasteiger partial charge is 0.517 e. The number of carbonyl (C=O) groups excluding carboxylic acids is 1. The lowest BCUT2D eigenvalue weighted by Gasteiger charge is -2.42. The van der Waals surface area contributed by atoms with Crippen LogP contribution in [0, 0.1) is 0 Å². The Bertz CT molecular complexity index is 545. The van der Waals surface area contributed by atoms with Gasteiger partial charge in [-0.05, 0) is 62.4 Å². The van der Waals surface area contributed by atoms with Crippen molar-refractivity contribution in [2.24, 2.45) is 0 Å². The molecule has 0 amide bonds. The number of rotatable bonds is 17. The maximum Gasteiger partial charge on any atom is 0.335 e. The van der Waals surface area contributed by atoms with Crippen molar-refractivity contribution < 1.29 is 18.1 Å². The highest BCUT2D eigenvalue weighted by molar-refractivity contribution is 6.79. The molecule has 2 atom stereocenters. The lowest BCUT2D eigenvalue weighted by atomic mass is 10.3. The van der Waals surface area contributed by atoms with E-state index in [2.05, 4.69) is 93.1 Å². The van der Waals surface area contributed by atoms with Gasteiger partial charge in [0.1, 0.15) is 8.24 Å². The SMILES string of the molecule is CCO[Si](C)(CCCCN(CC(=O)O[Si](C(C)C)(C(C)C)C(C)C)[Si](C)(C)C)OC(C)CC. The minimum Gasteiger partial charge on any atom is -0.517 e. The highest BCUT2D eigenvalue weighted by Gasteiger charge is 2.48. The summed E-state index contributed by atoms with van der Waals surface area (Å²) in [6.07, 6.45) is 3.37. The Morgan fingerprint density at radius 2 is 1.36 bits per heavy atom. The van der Waals surface area contributed by atoms with Crippen LogP contribution in [0.4, 0.5) is 0 Å². The number of carbonyl (C=O) groups is 1. The Kier molecular flexibility index (Phi) is 14.5. The van der Waals surface area contributed by atoms with E-state index in [0.29, 0.717) is 29.8 Å². The Hall–Kier alpha value is 0.000649. The van der Waals surface area contributed by atoms with E-state index in [1.807, 2.05) is 0 Å². The molecule has 0 aromatic rings. The second kappa shape index (κ2) is 14.5. The predicted molar refractivity (Wildman–Crippen MR) is 150 cm³/mol. The Labute approximate surface area is 209 Å². The van der Waals surface area contributed by atoms with Crippen molar-refractivity contribution in [3.05, 3.63) is 0 Å². The first-order valence-electron chi connectivity index (χ1n) is 13.3. The van der Waals surface area contributed by atoms with E-state index in [0.717, 1.165) is 31.9 Å². The summed E-state index contributed by atoms with van der Waals surface area (Å²) in [7, 11) is -6.00. The zero-order valence-electron chi connectivity index (χ0n) is 24.3. The molecule has 0 rings (SSSR count). The van der Waals surface area contributed by atoms with Crippen LogP contribution in [0.5, 0.6) is 0 Å². The Balaban J connectivity index is 5.16.